The molecule has 94 valence electrons. The molecule has 18 heavy (non-hydrogen) atoms. The van der Waals surface area contributed by atoms with Crippen molar-refractivity contribution in [1.29, 1.82) is 0 Å². The molecular formula is C13H7BrCl3F. The molecule has 2 rings (SSSR count). The Bertz CT molecular complexity index is 586. The van der Waals surface area contributed by atoms with Gasteiger partial charge in [-0.1, -0.05) is 68.9 Å². The van der Waals surface area contributed by atoms with Crippen molar-refractivity contribution < 1.29 is 4.39 Å². The molecule has 2 aromatic rings. The van der Waals surface area contributed by atoms with Gasteiger partial charge in [0.25, 0.3) is 0 Å². The van der Waals surface area contributed by atoms with Crippen molar-refractivity contribution in [2.24, 2.45) is 0 Å². The van der Waals surface area contributed by atoms with E-state index in [1.807, 2.05) is 6.07 Å². The molecule has 0 aliphatic heterocycles. The Kier molecular flexibility index (Phi) is 4.54. The van der Waals surface area contributed by atoms with Crippen LogP contribution in [0.2, 0.25) is 15.1 Å². The number of halogens is 5. The third-order valence-corrected chi connectivity index (χ3v) is 4.65. The van der Waals surface area contributed by atoms with Crippen LogP contribution in [0.25, 0.3) is 0 Å². The third kappa shape index (κ3) is 2.83. The molecular weight excluding hydrogens is 361 g/mol. The van der Waals surface area contributed by atoms with Gasteiger partial charge in [0, 0.05) is 0 Å². The molecule has 1 atom stereocenters. The zero-order valence-corrected chi connectivity index (χ0v) is 12.8. The molecule has 0 aromatic heterocycles. The standard InChI is InChI=1S/C13H7BrCl3F/c14-12(7-4-5-9(15)10(16)6-7)8-2-1-3-11(18)13(8)17/h1-6,12H. The molecule has 0 heterocycles. The van der Waals surface area contributed by atoms with Crippen LogP contribution < -0.4 is 0 Å². The molecule has 0 saturated carbocycles. The number of alkyl halides is 1. The first-order valence-electron chi connectivity index (χ1n) is 5.03. The molecule has 0 aliphatic carbocycles. The summed E-state index contributed by atoms with van der Waals surface area (Å²) in [5.74, 6) is -0.446. The predicted octanol–water partition coefficient (Wildman–Crippen LogP) is 6.27. The zero-order valence-electron chi connectivity index (χ0n) is 8.93. The summed E-state index contributed by atoms with van der Waals surface area (Å²) in [6, 6.07) is 9.93. The van der Waals surface area contributed by atoms with Gasteiger partial charge in [0.05, 0.1) is 19.9 Å². The lowest BCUT2D eigenvalue weighted by Crippen LogP contribution is -1.95. The molecule has 0 nitrogen and oxygen atoms in total. The van der Waals surface area contributed by atoms with E-state index < -0.39 is 5.82 Å². The summed E-state index contributed by atoms with van der Waals surface area (Å²) >= 11 is 21.2. The molecule has 0 N–H and O–H groups in total. The summed E-state index contributed by atoms with van der Waals surface area (Å²) in [5, 5.41) is 1.03. The number of hydrogen-bond acceptors (Lipinski definition) is 0. The summed E-state index contributed by atoms with van der Waals surface area (Å²) in [6.07, 6.45) is 0. The SMILES string of the molecule is Fc1cccc(C(Br)c2ccc(Cl)c(Cl)c2)c1Cl. The Labute approximate surface area is 128 Å². The van der Waals surface area contributed by atoms with Gasteiger partial charge in [-0.3, -0.25) is 0 Å². The highest BCUT2D eigenvalue weighted by Crippen LogP contribution is 2.38. The number of benzene rings is 2. The third-order valence-electron chi connectivity index (χ3n) is 2.49. The minimum Gasteiger partial charge on any atom is -0.205 e. The van der Waals surface area contributed by atoms with Crippen LogP contribution in [0.3, 0.4) is 0 Å². The summed E-state index contributed by atoms with van der Waals surface area (Å²) in [6.45, 7) is 0. The van der Waals surface area contributed by atoms with E-state index in [2.05, 4.69) is 15.9 Å². The Balaban J connectivity index is 2.44. The quantitative estimate of drug-likeness (QED) is 0.548. The van der Waals surface area contributed by atoms with E-state index in [0.29, 0.717) is 15.6 Å². The maximum absolute atomic E-state index is 13.4. The predicted molar refractivity (Wildman–Crippen MR) is 78.6 cm³/mol. The normalized spacial score (nSPS) is 12.5. The maximum atomic E-state index is 13.4. The molecule has 0 fully saturated rings. The molecule has 0 bridgehead atoms. The van der Waals surface area contributed by atoms with Crippen molar-refractivity contribution in [1.82, 2.24) is 0 Å². The van der Waals surface area contributed by atoms with Crippen LogP contribution in [0.15, 0.2) is 36.4 Å². The van der Waals surface area contributed by atoms with Gasteiger partial charge >= 0.3 is 0 Å². The van der Waals surface area contributed by atoms with Gasteiger partial charge in [-0.05, 0) is 29.3 Å². The van der Waals surface area contributed by atoms with E-state index in [4.69, 9.17) is 34.8 Å². The fourth-order valence-electron chi connectivity index (χ4n) is 1.57. The second kappa shape index (κ2) is 5.79. The van der Waals surface area contributed by atoms with Gasteiger partial charge < -0.3 is 0 Å². The average Bonchev–Trinajstić information content (AvgIpc) is 2.35. The van der Waals surface area contributed by atoms with Crippen LogP contribution in [-0.2, 0) is 0 Å². The minimum absolute atomic E-state index is 0.102. The fourth-order valence-corrected chi connectivity index (χ4v) is 2.91. The number of rotatable bonds is 2. The van der Waals surface area contributed by atoms with Gasteiger partial charge in [-0.25, -0.2) is 4.39 Å². The van der Waals surface area contributed by atoms with E-state index in [0.717, 1.165) is 5.56 Å². The van der Waals surface area contributed by atoms with E-state index >= 15 is 0 Å². The Morgan fingerprint density at radius 3 is 2.39 bits per heavy atom. The lowest BCUT2D eigenvalue weighted by atomic mass is 10.0. The fraction of sp³-hybridized carbons (Fsp3) is 0.0769. The topological polar surface area (TPSA) is 0 Å². The van der Waals surface area contributed by atoms with Crippen LogP contribution in [0.1, 0.15) is 16.0 Å². The van der Waals surface area contributed by atoms with E-state index in [1.54, 1.807) is 24.3 Å². The summed E-state index contributed by atoms with van der Waals surface area (Å²) in [5.41, 5.74) is 1.51. The lowest BCUT2D eigenvalue weighted by molar-refractivity contribution is 0.626. The van der Waals surface area contributed by atoms with Crippen LogP contribution in [-0.4, -0.2) is 0 Å². The zero-order chi connectivity index (χ0) is 13.3. The van der Waals surface area contributed by atoms with Crippen molar-refractivity contribution in [3.63, 3.8) is 0 Å². The second-order valence-corrected chi connectivity index (χ2v) is 5.79. The molecule has 0 saturated heterocycles. The van der Waals surface area contributed by atoms with Gasteiger partial charge in [0.15, 0.2) is 0 Å². The van der Waals surface area contributed by atoms with Crippen molar-refractivity contribution in [2.45, 2.75) is 4.83 Å². The van der Waals surface area contributed by atoms with Crippen molar-refractivity contribution in [3.8, 4) is 0 Å². The Morgan fingerprint density at radius 2 is 1.72 bits per heavy atom. The van der Waals surface area contributed by atoms with E-state index in [-0.39, 0.29) is 9.85 Å². The number of hydrogen-bond donors (Lipinski definition) is 0. The van der Waals surface area contributed by atoms with Crippen molar-refractivity contribution >= 4 is 50.7 Å². The van der Waals surface area contributed by atoms with Gasteiger partial charge in [-0.15, -0.1) is 0 Å². The molecule has 0 spiro atoms. The highest BCUT2D eigenvalue weighted by molar-refractivity contribution is 9.09. The van der Waals surface area contributed by atoms with E-state index in [9.17, 15) is 4.39 Å². The van der Waals surface area contributed by atoms with Crippen molar-refractivity contribution in [2.75, 3.05) is 0 Å². The van der Waals surface area contributed by atoms with Crippen LogP contribution in [0.4, 0.5) is 4.39 Å². The van der Waals surface area contributed by atoms with Gasteiger partial charge in [0.2, 0.25) is 0 Å². The Hall–Kier alpha value is -0.280. The first-order valence-corrected chi connectivity index (χ1v) is 7.08. The van der Waals surface area contributed by atoms with E-state index in [1.165, 1.54) is 6.07 Å². The molecule has 0 aliphatic rings. The van der Waals surface area contributed by atoms with Gasteiger partial charge in [0.1, 0.15) is 5.82 Å². The summed E-state index contributed by atoms with van der Waals surface area (Å²) < 4.78 is 13.4. The highest BCUT2D eigenvalue weighted by Gasteiger charge is 2.16. The second-order valence-electron chi connectivity index (χ2n) is 3.68. The van der Waals surface area contributed by atoms with Crippen molar-refractivity contribution in [3.05, 3.63) is 68.4 Å². The maximum Gasteiger partial charge on any atom is 0.142 e. The first-order chi connectivity index (χ1) is 8.50. The summed E-state index contributed by atoms with van der Waals surface area (Å²) in [4.78, 5) is -0.240. The molecule has 5 heteroatoms. The first kappa shape index (κ1) is 14.1. The van der Waals surface area contributed by atoms with Crippen LogP contribution in [0.5, 0.6) is 0 Å². The van der Waals surface area contributed by atoms with Gasteiger partial charge in [-0.2, -0.15) is 0 Å². The largest absolute Gasteiger partial charge is 0.205 e. The smallest absolute Gasteiger partial charge is 0.142 e. The highest BCUT2D eigenvalue weighted by atomic mass is 79.9. The molecule has 2 aromatic carbocycles. The monoisotopic (exact) mass is 366 g/mol. The lowest BCUT2D eigenvalue weighted by Gasteiger charge is -2.13. The van der Waals surface area contributed by atoms with Crippen LogP contribution in [0, 0.1) is 5.82 Å². The average molecular weight is 368 g/mol. The van der Waals surface area contributed by atoms with Crippen LogP contribution >= 0.6 is 50.7 Å². The molecule has 0 amide bonds. The molecule has 0 radical (unpaired) electrons. The Morgan fingerprint density at radius 1 is 1.00 bits per heavy atom. The molecule has 1 unspecified atom stereocenters. The minimum atomic E-state index is -0.446. The summed E-state index contributed by atoms with van der Waals surface area (Å²) in [7, 11) is 0.